The van der Waals surface area contributed by atoms with Gasteiger partial charge in [-0.05, 0) is 30.7 Å². The van der Waals surface area contributed by atoms with Crippen molar-refractivity contribution in [3.63, 3.8) is 0 Å². The molecule has 8 nitrogen and oxygen atoms in total. The molecule has 1 fully saturated rings. The minimum Gasteiger partial charge on any atom is -0.494 e. The van der Waals surface area contributed by atoms with E-state index in [1.54, 1.807) is 24.3 Å². The van der Waals surface area contributed by atoms with E-state index in [1.807, 2.05) is 0 Å². The number of ether oxygens (including phenoxy) is 2. The first kappa shape index (κ1) is 21.2. The number of rotatable bonds is 8. The Morgan fingerprint density at radius 3 is 2.26 bits per heavy atom. The van der Waals surface area contributed by atoms with Gasteiger partial charge in [0.05, 0.1) is 18.4 Å². The zero-order chi connectivity index (χ0) is 19.9. The molecule has 0 unspecified atom stereocenters. The van der Waals surface area contributed by atoms with E-state index in [0.29, 0.717) is 17.9 Å². The first-order valence-electron chi connectivity index (χ1n) is 8.94. The molecule has 1 aromatic rings. The normalized spacial score (nSPS) is 15.4. The van der Waals surface area contributed by atoms with Crippen LogP contribution in [0.4, 0.5) is 0 Å². The van der Waals surface area contributed by atoms with Gasteiger partial charge in [-0.2, -0.15) is 4.31 Å². The standard InChI is InChI=1S/C18H26N2O6S/c1-3-4-13-25-16-7-5-15(6-8-16)18(22)26-14-17(21)19-9-11-20(12-10-19)27(2,23)24/h5-8H,3-4,9-14H2,1-2H3. The summed E-state index contributed by atoms with van der Waals surface area (Å²) >= 11 is 0. The molecule has 2 rings (SSSR count). The van der Waals surface area contributed by atoms with Crippen LogP contribution in [0.5, 0.6) is 5.75 Å². The van der Waals surface area contributed by atoms with E-state index in [4.69, 9.17) is 9.47 Å². The van der Waals surface area contributed by atoms with Crippen LogP contribution in [0.15, 0.2) is 24.3 Å². The summed E-state index contributed by atoms with van der Waals surface area (Å²) in [5.41, 5.74) is 0.340. The van der Waals surface area contributed by atoms with E-state index in [-0.39, 0.29) is 38.7 Å². The summed E-state index contributed by atoms with van der Waals surface area (Å²) in [6.07, 6.45) is 3.15. The van der Waals surface area contributed by atoms with E-state index in [9.17, 15) is 18.0 Å². The van der Waals surface area contributed by atoms with Crippen LogP contribution in [-0.2, 0) is 19.6 Å². The first-order chi connectivity index (χ1) is 12.8. The number of benzene rings is 1. The second-order valence-electron chi connectivity index (χ2n) is 6.35. The Bertz CT molecular complexity index is 740. The minimum atomic E-state index is -3.25. The summed E-state index contributed by atoms with van der Waals surface area (Å²) < 4.78 is 34.9. The average Bonchev–Trinajstić information content (AvgIpc) is 2.66. The fraction of sp³-hybridized carbons (Fsp3) is 0.556. The molecule has 1 amide bonds. The number of unbranched alkanes of at least 4 members (excludes halogenated alkanes) is 1. The lowest BCUT2D eigenvalue weighted by molar-refractivity contribution is -0.135. The summed E-state index contributed by atoms with van der Waals surface area (Å²) in [7, 11) is -3.25. The highest BCUT2D eigenvalue weighted by Gasteiger charge is 2.26. The number of piperazine rings is 1. The van der Waals surface area contributed by atoms with Crippen LogP contribution >= 0.6 is 0 Å². The molecular weight excluding hydrogens is 372 g/mol. The molecule has 0 radical (unpaired) electrons. The molecule has 150 valence electrons. The van der Waals surface area contributed by atoms with Gasteiger partial charge in [-0.3, -0.25) is 4.79 Å². The van der Waals surface area contributed by atoms with Crippen molar-refractivity contribution in [1.29, 1.82) is 0 Å². The molecule has 0 aliphatic carbocycles. The number of hydrogen-bond donors (Lipinski definition) is 0. The van der Waals surface area contributed by atoms with Crippen molar-refractivity contribution in [2.24, 2.45) is 0 Å². The smallest absolute Gasteiger partial charge is 0.338 e. The van der Waals surface area contributed by atoms with E-state index < -0.39 is 16.0 Å². The molecule has 1 aromatic carbocycles. The maximum absolute atomic E-state index is 12.2. The Morgan fingerprint density at radius 2 is 1.70 bits per heavy atom. The van der Waals surface area contributed by atoms with Gasteiger partial charge in [0.1, 0.15) is 5.75 Å². The summed E-state index contributed by atoms with van der Waals surface area (Å²) in [6, 6.07) is 6.58. The highest BCUT2D eigenvalue weighted by atomic mass is 32.2. The van der Waals surface area contributed by atoms with Crippen LogP contribution in [-0.4, -0.2) is 75.1 Å². The van der Waals surface area contributed by atoms with Crippen molar-refractivity contribution in [2.75, 3.05) is 45.6 Å². The first-order valence-corrected chi connectivity index (χ1v) is 10.8. The molecule has 0 atom stereocenters. The van der Waals surface area contributed by atoms with Crippen molar-refractivity contribution in [1.82, 2.24) is 9.21 Å². The number of esters is 1. The Hall–Kier alpha value is -2.13. The van der Waals surface area contributed by atoms with Crippen molar-refractivity contribution in [2.45, 2.75) is 19.8 Å². The lowest BCUT2D eigenvalue weighted by Gasteiger charge is -2.33. The molecule has 0 spiro atoms. The molecule has 1 heterocycles. The third kappa shape index (κ3) is 6.51. The van der Waals surface area contributed by atoms with Crippen LogP contribution in [0.3, 0.4) is 0 Å². The van der Waals surface area contributed by atoms with Crippen LogP contribution in [0, 0.1) is 0 Å². The third-order valence-electron chi connectivity index (χ3n) is 4.24. The second kappa shape index (κ2) is 9.70. The quantitative estimate of drug-likeness (QED) is 0.481. The topological polar surface area (TPSA) is 93.2 Å². The summed E-state index contributed by atoms with van der Waals surface area (Å²) in [6.45, 7) is 3.40. The molecule has 1 aliphatic rings. The van der Waals surface area contributed by atoms with Gasteiger partial charge in [0.15, 0.2) is 6.61 Å². The largest absolute Gasteiger partial charge is 0.494 e. The van der Waals surface area contributed by atoms with Gasteiger partial charge in [0.25, 0.3) is 5.91 Å². The fourth-order valence-corrected chi connectivity index (χ4v) is 3.42. The lowest BCUT2D eigenvalue weighted by Crippen LogP contribution is -2.51. The van der Waals surface area contributed by atoms with E-state index in [0.717, 1.165) is 19.1 Å². The number of carbonyl (C=O) groups excluding carboxylic acids is 2. The highest BCUT2D eigenvalue weighted by Crippen LogP contribution is 2.14. The number of amides is 1. The van der Waals surface area contributed by atoms with Gasteiger partial charge < -0.3 is 14.4 Å². The molecule has 27 heavy (non-hydrogen) atoms. The summed E-state index contributed by atoms with van der Waals surface area (Å²) in [5.74, 6) is -0.242. The van der Waals surface area contributed by atoms with Crippen LogP contribution in [0.2, 0.25) is 0 Å². The highest BCUT2D eigenvalue weighted by molar-refractivity contribution is 7.88. The zero-order valence-corrected chi connectivity index (χ0v) is 16.5. The molecule has 1 saturated heterocycles. The van der Waals surface area contributed by atoms with E-state index in [2.05, 4.69) is 6.92 Å². The van der Waals surface area contributed by atoms with Crippen molar-refractivity contribution >= 4 is 21.9 Å². The van der Waals surface area contributed by atoms with Gasteiger partial charge in [0.2, 0.25) is 10.0 Å². The summed E-state index contributed by atoms with van der Waals surface area (Å²) in [4.78, 5) is 25.7. The van der Waals surface area contributed by atoms with Crippen molar-refractivity contribution < 1.29 is 27.5 Å². The minimum absolute atomic E-state index is 0.248. The number of sulfonamides is 1. The molecule has 0 aromatic heterocycles. The fourth-order valence-electron chi connectivity index (χ4n) is 2.59. The van der Waals surface area contributed by atoms with Gasteiger partial charge in [0, 0.05) is 26.2 Å². The molecule has 0 bridgehead atoms. The Kier molecular flexibility index (Phi) is 7.61. The number of hydrogen-bond acceptors (Lipinski definition) is 6. The Balaban J connectivity index is 1.77. The van der Waals surface area contributed by atoms with Gasteiger partial charge in [-0.25, -0.2) is 13.2 Å². The van der Waals surface area contributed by atoms with E-state index >= 15 is 0 Å². The van der Waals surface area contributed by atoms with Crippen LogP contribution < -0.4 is 4.74 Å². The Labute approximate surface area is 160 Å². The van der Waals surface area contributed by atoms with Gasteiger partial charge in [-0.15, -0.1) is 0 Å². The van der Waals surface area contributed by atoms with Crippen molar-refractivity contribution in [3.8, 4) is 5.75 Å². The maximum Gasteiger partial charge on any atom is 0.338 e. The predicted octanol–water partition coefficient (Wildman–Crippen LogP) is 1.13. The van der Waals surface area contributed by atoms with Crippen LogP contribution in [0.1, 0.15) is 30.1 Å². The predicted molar refractivity (Wildman–Crippen MR) is 100 cm³/mol. The van der Waals surface area contributed by atoms with Crippen LogP contribution in [0.25, 0.3) is 0 Å². The van der Waals surface area contributed by atoms with E-state index in [1.165, 1.54) is 9.21 Å². The molecule has 0 N–H and O–H groups in total. The number of nitrogens with zero attached hydrogens (tertiary/aromatic N) is 2. The SMILES string of the molecule is CCCCOc1ccc(C(=O)OCC(=O)N2CCN(S(C)(=O)=O)CC2)cc1. The van der Waals surface area contributed by atoms with Gasteiger partial charge in [-0.1, -0.05) is 13.3 Å². The third-order valence-corrected chi connectivity index (χ3v) is 5.55. The lowest BCUT2D eigenvalue weighted by atomic mass is 10.2. The second-order valence-corrected chi connectivity index (χ2v) is 8.33. The average molecular weight is 398 g/mol. The monoisotopic (exact) mass is 398 g/mol. The molecule has 9 heteroatoms. The summed E-state index contributed by atoms with van der Waals surface area (Å²) in [5, 5.41) is 0. The molecule has 1 aliphatic heterocycles. The Morgan fingerprint density at radius 1 is 1.07 bits per heavy atom. The van der Waals surface area contributed by atoms with Crippen molar-refractivity contribution in [3.05, 3.63) is 29.8 Å². The molecular formula is C18H26N2O6S. The number of carbonyl (C=O) groups is 2. The van der Waals surface area contributed by atoms with Gasteiger partial charge >= 0.3 is 5.97 Å². The molecule has 0 saturated carbocycles. The zero-order valence-electron chi connectivity index (χ0n) is 15.7. The maximum atomic E-state index is 12.2.